The highest BCUT2D eigenvalue weighted by Crippen LogP contribution is 2.39. The molecular weight excluding hydrogens is 308 g/mol. The first-order chi connectivity index (χ1) is 10.5. The fourth-order valence-electron chi connectivity index (χ4n) is 3.62. The molecule has 0 bridgehead atoms. The van der Waals surface area contributed by atoms with Gasteiger partial charge in [0.05, 0.1) is 0 Å². The summed E-state index contributed by atoms with van der Waals surface area (Å²) in [6.45, 7) is 6.99. The smallest absolute Gasteiger partial charge is 0.224 e. The van der Waals surface area contributed by atoms with E-state index in [-0.39, 0.29) is 23.7 Å². The standard InChI is InChI=1S/C19H30N2O.ClH/c1-14(2)16-9-7-8-15(3)18(16)21-17(22)12-19(13-20)10-5-4-6-11-19;/h7-9,14H,4-6,10-13,20H2,1-3H3,(H,21,22);1H. The minimum absolute atomic E-state index is 0. The van der Waals surface area contributed by atoms with E-state index in [1.165, 1.54) is 24.8 Å². The predicted molar refractivity (Wildman–Crippen MR) is 100 cm³/mol. The number of halogens is 1. The molecule has 1 aromatic rings. The Balaban J connectivity index is 0.00000264. The number of aryl methyl sites for hydroxylation is 1. The molecule has 0 atom stereocenters. The van der Waals surface area contributed by atoms with Crippen molar-refractivity contribution in [3.05, 3.63) is 29.3 Å². The van der Waals surface area contributed by atoms with Crippen molar-refractivity contribution in [3.63, 3.8) is 0 Å². The van der Waals surface area contributed by atoms with E-state index in [1.54, 1.807) is 0 Å². The minimum atomic E-state index is 0. The molecule has 1 fully saturated rings. The maximum atomic E-state index is 12.6. The zero-order valence-corrected chi connectivity index (χ0v) is 15.5. The van der Waals surface area contributed by atoms with Crippen LogP contribution in [0.4, 0.5) is 5.69 Å². The van der Waals surface area contributed by atoms with Crippen molar-refractivity contribution < 1.29 is 4.79 Å². The Morgan fingerprint density at radius 2 is 1.91 bits per heavy atom. The summed E-state index contributed by atoms with van der Waals surface area (Å²) in [6, 6.07) is 6.22. The lowest BCUT2D eigenvalue weighted by atomic mass is 9.71. The zero-order chi connectivity index (χ0) is 16.2. The predicted octanol–water partition coefficient (Wildman–Crippen LogP) is 4.78. The Morgan fingerprint density at radius 1 is 1.26 bits per heavy atom. The Hall–Kier alpha value is -1.06. The van der Waals surface area contributed by atoms with Gasteiger partial charge in [-0.25, -0.2) is 0 Å². The average Bonchev–Trinajstić information content (AvgIpc) is 2.50. The summed E-state index contributed by atoms with van der Waals surface area (Å²) in [6.07, 6.45) is 6.40. The normalized spacial score (nSPS) is 16.7. The molecule has 2 rings (SSSR count). The van der Waals surface area contributed by atoms with E-state index < -0.39 is 0 Å². The Labute approximate surface area is 146 Å². The molecule has 23 heavy (non-hydrogen) atoms. The molecule has 4 heteroatoms. The molecule has 0 spiro atoms. The number of nitrogens with one attached hydrogen (secondary N) is 1. The van der Waals surface area contributed by atoms with Crippen molar-refractivity contribution >= 4 is 24.0 Å². The van der Waals surface area contributed by atoms with Gasteiger partial charge >= 0.3 is 0 Å². The summed E-state index contributed by atoms with van der Waals surface area (Å²) in [5, 5.41) is 3.17. The fourth-order valence-corrected chi connectivity index (χ4v) is 3.62. The molecule has 130 valence electrons. The van der Waals surface area contributed by atoms with E-state index in [0.717, 1.165) is 24.1 Å². The van der Waals surface area contributed by atoms with E-state index in [1.807, 2.05) is 0 Å². The van der Waals surface area contributed by atoms with Crippen LogP contribution in [0.2, 0.25) is 0 Å². The lowest BCUT2D eigenvalue weighted by Crippen LogP contribution is -2.36. The molecule has 1 aliphatic carbocycles. The van der Waals surface area contributed by atoms with Gasteiger partial charge in [-0.15, -0.1) is 12.4 Å². The molecule has 0 aliphatic heterocycles. The topological polar surface area (TPSA) is 55.1 Å². The van der Waals surface area contributed by atoms with Crippen LogP contribution in [0.5, 0.6) is 0 Å². The fraction of sp³-hybridized carbons (Fsp3) is 0.632. The Bertz CT molecular complexity index is 522. The van der Waals surface area contributed by atoms with Crippen LogP contribution in [0.25, 0.3) is 0 Å². The van der Waals surface area contributed by atoms with Gasteiger partial charge in [0.2, 0.25) is 5.91 Å². The van der Waals surface area contributed by atoms with Crippen molar-refractivity contribution in [2.75, 3.05) is 11.9 Å². The summed E-state index contributed by atoms with van der Waals surface area (Å²) in [4.78, 5) is 12.6. The van der Waals surface area contributed by atoms with Crippen molar-refractivity contribution in [2.24, 2.45) is 11.1 Å². The van der Waals surface area contributed by atoms with Crippen molar-refractivity contribution in [1.29, 1.82) is 0 Å². The van der Waals surface area contributed by atoms with Gasteiger partial charge in [0.1, 0.15) is 0 Å². The summed E-state index contributed by atoms with van der Waals surface area (Å²) in [5.41, 5.74) is 9.35. The van der Waals surface area contributed by atoms with E-state index in [0.29, 0.717) is 18.9 Å². The van der Waals surface area contributed by atoms with Gasteiger partial charge in [0, 0.05) is 12.1 Å². The number of carbonyl (C=O) groups excluding carboxylic acids is 1. The van der Waals surface area contributed by atoms with Crippen LogP contribution in [0.1, 0.15) is 69.4 Å². The molecule has 3 N–H and O–H groups in total. The van der Waals surface area contributed by atoms with Crippen molar-refractivity contribution in [2.45, 2.75) is 65.2 Å². The molecular formula is C19H31ClN2O. The molecule has 0 radical (unpaired) electrons. The van der Waals surface area contributed by atoms with Gasteiger partial charge < -0.3 is 11.1 Å². The highest BCUT2D eigenvalue weighted by atomic mass is 35.5. The number of hydrogen-bond acceptors (Lipinski definition) is 2. The molecule has 1 aromatic carbocycles. The first kappa shape index (κ1) is 20.0. The van der Waals surface area contributed by atoms with Crippen molar-refractivity contribution in [1.82, 2.24) is 0 Å². The third kappa shape index (κ3) is 4.95. The summed E-state index contributed by atoms with van der Waals surface area (Å²) >= 11 is 0. The first-order valence-electron chi connectivity index (χ1n) is 8.57. The quantitative estimate of drug-likeness (QED) is 0.811. The van der Waals surface area contributed by atoms with E-state index in [9.17, 15) is 4.79 Å². The zero-order valence-electron chi connectivity index (χ0n) is 14.7. The van der Waals surface area contributed by atoms with Gasteiger partial charge in [-0.3, -0.25) is 4.79 Å². The number of hydrogen-bond donors (Lipinski definition) is 2. The minimum Gasteiger partial charge on any atom is -0.330 e. The van der Waals surface area contributed by atoms with E-state index in [2.05, 4.69) is 44.3 Å². The van der Waals surface area contributed by atoms with Crippen LogP contribution in [-0.2, 0) is 4.79 Å². The molecule has 1 amide bonds. The number of rotatable bonds is 5. The molecule has 0 saturated heterocycles. The maximum Gasteiger partial charge on any atom is 0.224 e. The molecule has 0 aromatic heterocycles. The maximum absolute atomic E-state index is 12.6. The van der Waals surface area contributed by atoms with E-state index >= 15 is 0 Å². The second-order valence-corrected chi connectivity index (χ2v) is 7.18. The number of nitrogens with two attached hydrogens (primary N) is 1. The number of amides is 1. The van der Waals surface area contributed by atoms with Gasteiger partial charge in [0.25, 0.3) is 0 Å². The number of benzene rings is 1. The van der Waals surface area contributed by atoms with Gasteiger partial charge in [-0.2, -0.15) is 0 Å². The van der Waals surface area contributed by atoms with Crippen LogP contribution in [-0.4, -0.2) is 12.5 Å². The molecule has 0 heterocycles. The van der Waals surface area contributed by atoms with Crippen LogP contribution < -0.4 is 11.1 Å². The molecule has 0 unspecified atom stereocenters. The molecule has 3 nitrogen and oxygen atoms in total. The second-order valence-electron chi connectivity index (χ2n) is 7.18. The SMILES string of the molecule is Cc1cccc(C(C)C)c1NC(=O)CC1(CN)CCCCC1.Cl. The number of para-hydroxylation sites is 1. The second kappa shape index (κ2) is 8.70. The van der Waals surface area contributed by atoms with Gasteiger partial charge in [-0.1, -0.05) is 51.3 Å². The third-order valence-corrected chi connectivity index (χ3v) is 5.07. The first-order valence-corrected chi connectivity index (χ1v) is 8.57. The summed E-state index contributed by atoms with van der Waals surface area (Å²) < 4.78 is 0. The average molecular weight is 339 g/mol. The Kier molecular flexibility index (Phi) is 7.56. The lowest BCUT2D eigenvalue weighted by Gasteiger charge is -2.35. The monoisotopic (exact) mass is 338 g/mol. The third-order valence-electron chi connectivity index (χ3n) is 5.07. The van der Waals surface area contributed by atoms with E-state index in [4.69, 9.17) is 5.73 Å². The largest absolute Gasteiger partial charge is 0.330 e. The van der Waals surface area contributed by atoms with Crippen LogP contribution in [0.3, 0.4) is 0 Å². The highest BCUT2D eigenvalue weighted by Gasteiger charge is 2.33. The van der Waals surface area contributed by atoms with Crippen LogP contribution in [0.15, 0.2) is 18.2 Å². The lowest BCUT2D eigenvalue weighted by molar-refractivity contribution is -0.118. The summed E-state index contributed by atoms with van der Waals surface area (Å²) in [5.74, 6) is 0.511. The van der Waals surface area contributed by atoms with Gasteiger partial charge in [0.15, 0.2) is 0 Å². The highest BCUT2D eigenvalue weighted by molar-refractivity contribution is 5.93. The Morgan fingerprint density at radius 3 is 2.48 bits per heavy atom. The molecule has 1 aliphatic rings. The molecule has 1 saturated carbocycles. The van der Waals surface area contributed by atoms with Crippen LogP contribution in [0, 0.1) is 12.3 Å². The van der Waals surface area contributed by atoms with Crippen LogP contribution >= 0.6 is 12.4 Å². The van der Waals surface area contributed by atoms with Crippen molar-refractivity contribution in [3.8, 4) is 0 Å². The summed E-state index contributed by atoms with van der Waals surface area (Å²) in [7, 11) is 0. The number of carbonyl (C=O) groups is 1. The number of anilines is 1. The van der Waals surface area contributed by atoms with Gasteiger partial charge in [-0.05, 0) is 48.8 Å².